The fraction of sp³-hybridized carbons (Fsp3) is 0.698. The highest BCUT2D eigenvalue weighted by molar-refractivity contribution is 5.42. The summed E-state index contributed by atoms with van der Waals surface area (Å²) in [4.78, 5) is 5.19. The molecule has 2 aliphatic heterocycles. The zero-order valence-corrected chi connectivity index (χ0v) is 40.7. The van der Waals surface area contributed by atoms with Gasteiger partial charge in [0, 0.05) is 65.8 Å². The largest absolute Gasteiger partial charge is 0.491 e. The quantitative estimate of drug-likeness (QED) is 0.0778. The zero-order valence-electron chi connectivity index (χ0n) is 40.7. The molecule has 2 saturated heterocycles. The third kappa shape index (κ3) is 13.6. The van der Waals surface area contributed by atoms with E-state index in [0.717, 1.165) is 76.0 Å². The molecule has 2 aliphatic rings. The molecule has 4 rings (SSSR count). The number of aliphatic hydroxyl groups is 2. The number of likely N-dealkylation sites (tertiary alicyclic amines) is 2. The predicted molar refractivity (Wildman–Crippen MR) is 257 cm³/mol. The second-order valence-electron chi connectivity index (χ2n) is 21.6. The van der Waals surface area contributed by atoms with E-state index >= 15 is 0 Å². The topological polar surface area (TPSA) is 89.5 Å². The first-order valence-electron chi connectivity index (χ1n) is 23.7. The van der Waals surface area contributed by atoms with Crippen molar-refractivity contribution in [3.05, 3.63) is 85.0 Å². The number of nitrogens with zero attached hydrogens (tertiary/aromatic N) is 2. The summed E-state index contributed by atoms with van der Waals surface area (Å²) in [6, 6.07) is 17.2. The fourth-order valence-electron chi connectivity index (χ4n) is 11.4. The van der Waals surface area contributed by atoms with Crippen LogP contribution in [0.25, 0.3) is 0 Å². The number of hydrogen-bond donors (Lipinski definition) is 4. The minimum atomic E-state index is -0.607. The average Bonchev–Trinajstić information content (AvgIpc) is 3.18. The molecule has 0 amide bonds. The summed E-state index contributed by atoms with van der Waals surface area (Å²) >= 11 is 0. The Balaban J connectivity index is 1.24. The van der Waals surface area contributed by atoms with Gasteiger partial charge in [-0.2, -0.15) is 0 Å². The summed E-state index contributed by atoms with van der Waals surface area (Å²) in [7, 11) is 0. The van der Waals surface area contributed by atoms with Crippen LogP contribution in [0.15, 0.2) is 73.8 Å². The Kier molecular flexibility index (Phi) is 18.2. The molecular formula is C53H88N4O4. The molecule has 8 heteroatoms. The van der Waals surface area contributed by atoms with Crippen molar-refractivity contribution in [1.29, 1.82) is 0 Å². The monoisotopic (exact) mass is 845 g/mol. The maximum Gasteiger partial charge on any atom is 0.119 e. The molecule has 0 aliphatic carbocycles. The van der Waals surface area contributed by atoms with E-state index in [9.17, 15) is 10.2 Å². The molecule has 2 heterocycles. The number of piperidine rings is 2. The van der Waals surface area contributed by atoms with Crippen LogP contribution >= 0.6 is 0 Å². The first-order chi connectivity index (χ1) is 28.6. The normalized spacial score (nSPS) is 21.6. The number of aliphatic hydroxyl groups excluding tert-OH is 2. The van der Waals surface area contributed by atoms with Crippen molar-refractivity contribution >= 4 is 0 Å². The lowest BCUT2D eigenvalue weighted by Crippen LogP contribution is -2.62. The smallest absolute Gasteiger partial charge is 0.119 e. The number of nitrogens with one attached hydrogen (secondary N) is 2. The maximum atomic E-state index is 11.0. The minimum Gasteiger partial charge on any atom is -0.491 e. The lowest BCUT2D eigenvalue weighted by molar-refractivity contribution is -0.0520. The van der Waals surface area contributed by atoms with Gasteiger partial charge in [0.1, 0.15) is 36.9 Å². The van der Waals surface area contributed by atoms with Crippen LogP contribution in [-0.4, -0.2) is 106 Å². The van der Waals surface area contributed by atoms with E-state index in [1.807, 2.05) is 36.4 Å². The van der Waals surface area contributed by atoms with Crippen LogP contribution < -0.4 is 20.1 Å². The Labute approximate surface area is 372 Å². The van der Waals surface area contributed by atoms with Crippen LogP contribution in [0.1, 0.15) is 146 Å². The van der Waals surface area contributed by atoms with E-state index in [1.54, 1.807) is 0 Å². The predicted octanol–water partition coefficient (Wildman–Crippen LogP) is 9.92. The molecule has 61 heavy (non-hydrogen) atoms. The van der Waals surface area contributed by atoms with E-state index in [4.69, 9.17) is 9.47 Å². The van der Waals surface area contributed by atoms with Crippen molar-refractivity contribution in [3.63, 3.8) is 0 Å². The van der Waals surface area contributed by atoms with Gasteiger partial charge in [-0.3, -0.25) is 9.80 Å². The minimum absolute atomic E-state index is 0.0791. The third-order valence-corrected chi connectivity index (χ3v) is 14.2. The van der Waals surface area contributed by atoms with Crippen LogP contribution in [-0.2, 0) is 5.41 Å². The Morgan fingerprint density at radius 1 is 0.623 bits per heavy atom. The van der Waals surface area contributed by atoms with Crippen molar-refractivity contribution in [2.24, 2.45) is 11.8 Å². The SMILES string of the molecule is C=CCN1C(C)(C)CC(C(CCC)NCC(O)COc2ccc(C(C)(C)c3ccc(OCC(O)CNC(CCC)C4CC(C)(C)N(CC=C)C(C)(C)C4)cc3)cc2)CC1(C)C. The van der Waals surface area contributed by atoms with Gasteiger partial charge in [-0.25, -0.2) is 0 Å². The highest BCUT2D eigenvalue weighted by Gasteiger charge is 2.47. The van der Waals surface area contributed by atoms with Gasteiger partial charge < -0.3 is 30.3 Å². The lowest BCUT2D eigenvalue weighted by Gasteiger charge is -2.56. The van der Waals surface area contributed by atoms with Crippen molar-refractivity contribution in [2.75, 3.05) is 39.4 Å². The van der Waals surface area contributed by atoms with E-state index in [2.05, 4.69) is 141 Å². The summed E-state index contributed by atoms with van der Waals surface area (Å²) in [6.45, 7) is 39.2. The lowest BCUT2D eigenvalue weighted by atomic mass is 9.70. The molecule has 0 spiro atoms. The van der Waals surface area contributed by atoms with Crippen LogP contribution in [0.2, 0.25) is 0 Å². The number of ether oxygens (including phenoxy) is 2. The van der Waals surface area contributed by atoms with Gasteiger partial charge in [0.15, 0.2) is 0 Å². The van der Waals surface area contributed by atoms with Gasteiger partial charge in [0.05, 0.1) is 0 Å². The van der Waals surface area contributed by atoms with Gasteiger partial charge in [0.25, 0.3) is 0 Å². The van der Waals surface area contributed by atoms with Crippen LogP contribution in [0.4, 0.5) is 0 Å². The Hall–Kier alpha value is -2.72. The second kappa shape index (κ2) is 21.8. The molecule has 0 radical (unpaired) electrons. The molecule has 0 saturated carbocycles. The Morgan fingerprint density at radius 2 is 0.934 bits per heavy atom. The summed E-state index contributed by atoms with van der Waals surface area (Å²) < 4.78 is 12.2. The first kappa shape index (κ1) is 50.9. The standard InChI is InChI=1S/C53H88N4O4/c1-15-19-47(39-31-49(5,6)56(29-17-3)50(7,8)32-39)54-35-43(58)37-60-45-25-21-41(22-26-45)53(13,14)42-23-27-46(28-24-42)61-38-44(59)36-55-48(20-16-2)40-33-51(9,10)57(30-18-4)52(11,12)34-40/h17-18,21-28,39-40,43-44,47-48,54-55,58-59H,3-4,15-16,19-20,29-38H2,1-2,5-14H3. The summed E-state index contributed by atoms with van der Waals surface area (Å²) in [5.41, 5.74) is 2.41. The molecule has 0 bridgehead atoms. The van der Waals surface area contributed by atoms with Crippen molar-refractivity contribution in [1.82, 2.24) is 20.4 Å². The Bertz CT molecular complexity index is 1480. The first-order valence-corrected chi connectivity index (χ1v) is 23.7. The Morgan fingerprint density at radius 3 is 1.21 bits per heavy atom. The van der Waals surface area contributed by atoms with Crippen molar-refractivity contribution in [2.45, 2.75) is 186 Å². The van der Waals surface area contributed by atoms with Crippen molar-refractivity contribution in [3.8, 4) is 11.5 Å². The number of rotatable bonds is 24. The highest BCUT2D eigenvalue weighted by atomic mass is 16.5. The molecule has 0 aromatic heterocycles. The van der Waals surface area contributed by atoms with Crippen LogP contribution in [0.3, 0.4) is 0 Å². The van der Waals surface area contributed by atoms with Gasteiger partial charge >= 0.3 is 0 Å². The second-order valence-corrected chi connectivity index (χ2v) is 21.6. The molecule has 344 valence electrons. The molecule has 4 atom stereocenters. The number of hydrogen-bond acceptors (Lipinski definition) is 8. The molecule has 4 unspecified atom stereocenters. The summed E-state index contributed by atoms with van der Waals surface area (Å²) in [5, 5.41) is 29.5. The van der Waals surface area contributed by atoms with E-state index in [1.165, 1.54) is 11.1 Å². The summed E-state index contributed by atoms with van der Waals surface area (Å²) in [5.74, 6) is 2.57. The van der Waals surface area contributed by atoms with E-state index < -0.39 is 12.2 Å². The molecule has 2 aromatic rings. The highest BCUT2D eigenvalue weighted by Crippen LogP contribution is 2.44. The van der Waals surface area contributed by atoms with E-state index in [-0.39, 0.29) is 40.8 Å². The molecular weight excluding hydrogens is 757 g/mol. The fourth-order valence-corrected chi connectivity index (χ4v) is 11.4. The zero-order chi connectivity index (χ0) is 45.2. The molecule has 2 aromatic carbocycles. The third-order valence-electron chi connectivity index (χ3n) is 14.2. The van der Waals surface area contributed by atoms with Gasteiger partial charge in [-0.15, -0.1) is 13.2 Å². The molecule has 8 nitrogen and oxygen atoms in total. The van der Waals surface area contributed by atoms with E-state index in [0.29, 0.717) is 37.0 Å². The van der Waals surface area contributed by atoms with Crippen molar-refractivity contribution < 1.29 is 19.7 Å². The van der Waals surface area contributed by atoms with Gasteiger partial charge in [-0.05, 0) is 141 Å². The molecule has 4 N–H and O–H groups in total. The summed E-state index contributed by atoms with van der Waals surface area (Å²) in [6.07, 6.45) is 11.7. The van der Waals surface area contributed by atoms with Gasteiger partial charge in [-0.1, -0.05) is 77.0 Å². The van der Waals surface area contributed by atoms with Crippen LogP contribution in [0.5, 0.6) is 11.5 Å². The maximum absolute atomic E-state index is 11.0. The average molecular weight is 845 g/mol. The molecule has 2 fully saturated rings. The number of benzene rings is 2. The van der Waals surface area contributed by atoms with Gasteiger partial charge in [0.2, 0.25) is 0 Å². The van der Waals surface area contributed by atoms with Crippen LogP contribution in [0, 0.1) is 11.8 Å².